The highest BCUT2D eigenvalue weighted by atomic mass is 19.1. The number of carbonyl (C=O) groups is 3. The summed E-state index contributed by atoms with van der Waals surface area (Å²) in [5.74, 6) is 0.245. The molecule has 3 aromatic heterocycles. The van der Waals surface area contributed by atoms with Crippen molar-refractivity contribution in [3.05, 3.63) is 285 Å². The molecule has 15 heteroatoms. The second-order valence-electron chi connectivity index (χ2n) is 34.7. The van der Waals surface area contributed by atoms with Crippen molar-refractivity contribution in [1.82, 2.24) is 45.6 Å². The fourth-order valence-electron chi connectivity index (χ4n) is 22.0. The normalized spacial score (nSPS) is 27.2. The van der Waals surface area contributed by atoms with E-state index in [4.69, 9.17) is 0 Å². The van der Waals surface area contributed by atoms with E-state index < -0.39 is 0 Å². The molecule has 12 nitrogen and oxygen atoms in total. The Labute approximate surface area is 652 Å². The highest BCUT2D eigenvalue weighted by Gasteiger charge is 2.55. The highest BCUT2D eigenvalue weighted by molar-refractivity contribution is 5.89. The van der Waals surface area contributed by atoms with E-state index >= 15 is 0 Å². The molecule has 18 rings (SSSR count). The van der Waals surface area contributed by atoms with Crippen LogP contribution in [0.25, 0.3) is 32.7 Å². The van der Waals surface area contributed by atoms with Crippen molar-refractivity contribution < 1.29 is 27.6 Å². The molecule has 0 saturated heterocycles. The molecule has 11 aromatic rings. The van der Waals surface area contributed by atoms with Gasteiger partial charge in [-0.25, -0.2) is 13.2 Å². The van der Waals surface area contributed by atoms with Crippen molar-refractivity contribution in [2.45, 2.75) is 199 Å². The third-order valence-electron chi connectivity index (χ3n) is 28.0. The largest absolute Gasteiger partial charge is 0.358 e. The molecule has 4 saturated carbocycles. The fourth-order valence-corrected chi connectivity index (χ4v) is 22.0. The molecule has 6 N–H and O–H groups in total. The summed E-state index contributed by atoms with van der Waals surface area (Å²) in [4.78, 5) is 56.8. The molecule has 0 radical (unpaired) electrons. The quantitative estimate of drug-likeness (QED) is 0.0640. The number of fused-ring (bicyclic) bond motifs is 12. The Morgan fingerprint density at radius 2 is 0.748 bits per heavy atom. The molecule has 8 aromatic carbocycles. The number of H-pyrrole nitrogens is 3. The maximum atomic E-state index is 14.3. The Morgan fingerprint density at radius 3 is 1.11 bits per heavy atom. The standard InChI is InChI=1S/C35H38FN3O.C34H38FN3O.C27H32FN3O/c1-39(2)35(24-11-8-12-25(36)19-24)17-15-34(16-18-35)22-26(20-29-27-13-6-7-14-31(27)38-32(29)34)37-33(40)30-21-28(30)23-9-4-3-5-10-23;1-38(2)34(25-11-8-12-26(35)21-25)19-17-33(18-20-34)23-27(36-31(39)16-15-24-9-4-3-5-10-24)22-29-28-13-6-7-14-30(28)37-32(29)33;1-18(32)29-21-16-23-22-9-4-5-10-24(22)30-25(23)26(17-21)11-13-27(14-12-26,31(2)3)19-7-6-8-20(28)15-19/h3-14,19,26,28,30,38H,15-18,20-22H2,1-2H3,(H,37,40);3-14,21,27,37H,15-20,22-23H2,1-2H3,(H,36,39);4-10,15,21,30H,11-14,16-17H2,1-3H3,(H,29,32). The molecule has 111 heavy (non-hydrogen) atoms. The molecule has 0 bridgehead atoms. The lowest BCUT2D eigenvalue weighted by atomic mass is 9.58. The number of aromatic nitrogens is 3. The zero-order valence-electron chi connectivity index (χ0n) is 65.6. The van der Waals surface area contributed by atoms with Gasteiger partial charge in [0.15, 0.2) is 0 Å². The van der Waals surface area contributed by atoms with E-state index in [-0.39, 0.29) is 92.1 Å². The number of hydrogen-bond donors (Lipinski definition) is 6. The van der Waals surface area contributed by atoms with Crippen molar-refractivity contribution in [1.29, 1.82) is 0 Å². The van der Waals surface area contributed by atoms with Crippen molar-refractivity contribution in [2.75, 3.05) is 42.3 Å². The number of rotatable bonds is 14. The minimum Gasteiger partial charge on any atom is -0.358 e. The average molecular weight is 1490 g/mol. The average Bonchev–Trinajstić information content (AvgIpc) is 0.946. The molecule has 576 valence electrons. The lowest BCUT2D eigenvalue weighted by Crippen LogP contribution is -2.52. The maximum absolute atomic E-state index is 14.3. The summed E-state index contributed by atoms with van der Waals surface area (Å²) >= 11 is 0. The van der Waals surface area contributed by atoms with E-state index in [1.54, 1.807) is 25.1 Å². The van der Waals surface area contributed by atoms with Crippen LogP contribution in [0.2, 0.25) is 0 Å². The second-order valence-corrected chi connectivity index (χ2v) is 34.7. The lowest BCUT2D eigenvalue weighted by Gasteiger charge is -2.52. The Bertz CT molecular complexity index is 5190. The van der Waals surface area contributed by atoms with Crippen LogP contribution in [0.4, 0.5) is 13.2 Å². The zero-order chi connectivity index (χ0) is 77.0. The first-order chi connectivity index (χ1) is 53.6. The van der Waals surface area contributed by atoms with Crippen LogP contribution in [0.1, 0.15) is 184 Å². The predicted octanol–water partition coefficient (Wildman–Crippen LogP) is 18.5. The van der Waals surface area contributed by atoms with Gasteiger partial charge in [-0.3, -0.25) is 29.1 Å². The number of hydrogen-bond acceptors (Lipinski definition) is 6. The van der Waals surface area contributed by atoms with E-state index in [0.29, 0.717) is 12.3 Å². The number of amides is 3. The maximum Gasteiger partial charge on any atom is 0.223 e. The minimum absolute atomic E-state index is 0.00739. The van der Waals surface area contributed by atoms with Gasteiger partial charge in [0.25, 0.3) is 0 Å². The molecule has 4 fully saturated rings. The van der Waals surface area contributed by atoms with E-state index in [0.717, 1.165) is 145 Å². The summed E-state index contributed by atoms with van der Waals surface area (Å²) in [6.45, 7) is 1.61. The molecule has 3 heterocycles. The van der Waals surface area contributed by atoms with Crippen LogP contribution in [0, 0.1) is 23.4 Å². The number of aromatic amines is 3. The second kappa shape index (κ2) is 30.5. The lowest BCUT2D eigenvalue weighted by molar-refractivity contribution is -0.123. The van der Waals surface area contributed by atoms with Crippen LogP contribution < -0.4 is 16.0 Å². The van der Waals surface area contributed by atoms with Crippen LogP contribution in [0.15, 0.2) is 206 Å². The van der Waals surface area contributed by atoms with Crippen LogP contribution in [-0.2, 0) is 72.9 Å². The Hall–Kier alpha value is -9.54. The van der Waals surface area contributed by atoms with Gasteiger partial charge in [0.2, 0.25) is 17.7 Å². The Morgan fingerprint density at radius 1 is 0.405 bits per heavy atom. The number of carbonyl (C=O) groups excluding carboxylic acids is 3. The number of halogens is 3. The van der Waals surface area contributed by atoms with Gasteiger partial charge in [0, 0.05) is 120 Å². The highest BCUT2D eigenvalue weighted by Crippen LogP contribution is 2.59. The third-order valence-corrected chi connectivity index (χ3v) is 28.0. The van der Waals surface area contributed by atoms with Gasteiger partial charge in [-0.15, -0.1) is 0 Å². The van der Waals surface area contributed by atoms with Crippen LogP contribution in [-0.4, -0.2) is 108 Å². The third kappa shape index (κ3) is 14.5. The Kier molecular flexibility index (Phi) is 20.8. The van der Waals surface area contributed by atoms with Gasteiger partial charge in [-0.05, 0) is 276 Å². The van der Waals surface area contributed by atoms with Gasteiger partial charge in [-0.1, -0.05) is 152 Å². The summed E-state index contributed by atoms with van der Waals surface area (Å²) in [6.07, 6.45) is 19.2. The van der Waals surface area contributed by atoms with Crippen LogP contribution in [0.5, 0.6) is 0 Å². The number of benzene rings is 8. The van der Waals surface area contributed by atoms with E-state index in [1.165, 1.54) is 95.8 Å². The number of nitrogens with zero attached hydrogens (tertiary/aromatic N) is 3. The van der Waals surface area contributed by atoms with Crippen molar-refractivity contribution >= 4 is 50.4 Å². The van der Waals surface area contributed by atoms with E-state index in [2.05, 4.69) is 215 Å². The fraction of sp³-hybridized carbons (Fsp3) is 0.406. The van der Waals surface area contributed by atoms with Gasteiger partial charge < -0.3 is 30.9 Å². The van der Waals surface area contributed by atoms with E-state index in [9.17, 15) is 27.6 Å². The molecular formula is C96H108F3N9O3. The summed E-state index contributed by atoms with van der Waals surface area (Å²) in [6, 6.07) is 68.1. The van der Waals surface area contributed by atoms with Gasteiger partial charge >= 0.3 is 0 Å². The molecule has 3 amide bonds. The molecule has 5 unspecified atom stereocenters. The monoisotopic (exact) mass is 1490 g/mol. The molecule has 5 atom stereocenters. The summed E-state index contributed by atoms with van der Waals surface area (Å²) in [5, 5.41) is 14.0. The topological polar surface area (TPSA) is 144 Å². The van der Waals surface area contributed by atoms with Crippen LogP contribution >= 0.6 is 0 Å². The Balaban J connectivity index is 0.000000127. The molecule has 7 aliphatic carbocycles. The first kappa shape index (κ1) is 75.5. The number of para-hydroxylation sites is 3. The zero-order valence-corrected chi connectivity index (χ0v) is 65.6. The number of nitrogens with one attached hydrogen (secondary N) is 6. The smallest absolute Gasteiger partial charge is 0.223 e. The molecular weight excluding hydrogens is 1380 g/mol. The molecule has 0 aliphatic heterocycles. The van der Waals surface area contributed by atoms with Crippen molar-refractivity contribution in [3.8, 4) is 0 Å². The predicted molar refractivity (Wildman–Crippen MR) is 439 cm³/mol. The van der Waals surface area contributed by atoms with Gasteiger partial charge in [0.05, 0.1) is 0 Å². The first-order valence-electron chi connectivity index (χ1n) is 40.7. The first-order valence-corrected chi connectivity index (χ1v) is 40.7. The SMILES string of the molecule is CC(=O)NC1Cc2c([nH]c3ccccc23)C2(CCC(c3cccc(F)c3)(N(C)C)CC2)C1.CN(C)C1(c2cccc(F)c2)CCC2(CC1)CC(NC(=O)C1CC1c1ccccc1)Cc1c2[nH]c2ccccc12.CN(C)C1(c2cccc(F)c2)CCC2(CC1)CC(NC(=O)CCc1ccccc1)Cc1c2[nH]c2ccccc12. The minimum atomic E-state index is -0.203. The summed E-state index contributed by atoms with van der Waals surface area (Å²) < 4.78 is 42.8. The van der Waals surface area contributed by atoms with Crippen LogP contribution in [0.3, 0.4) is 0 Å². The summed E-state index contributed by atoms with van der Waals surface area (Å²) in [5.41, 5.74) is 16.6. The van der Waals surface area contributed by atoms with Gasteiger partial charge in [-0.2, -0.15) is 0 Å². The number of aryl methyl sites for hydroxylation is 1. The van der Waals surface area contributed by atoms with Crippen molar-refractivity contribution in [2.24, 2.45) is 5.92 Å². The van der Waals surface area contributed by atoms with Crippen molar-refractivity contribution in [3.63, 3.8) is 0 Å². The molecule has 3 spiro atoms. The van der Waals surface area contributed by atoms with Gasteiger partial charge in [0.1, 0.15) is 17.5 Å². The summed E-state index contributed by atoms with van der Waals surface area (Å²) in [7, 11) is 12.7. The van der Waals surface area contributed by atoms with E-state index in [1.807, 2.05) is 42.5 Å². The molecule has 7 aliphatic rings.